The van der Waals surface area contributed by atoms with E-state index in [1.54, 1.807) is 23.1 Å². The summed E-state index contributed by atoms with van der Waals surface area (Å²) < 4.78 is 2.46. The number of thioether (sulfide) groups is 1. The van der Waals surface area contributed by atoms with E-state index in [1.807, 2.05) is 0 Å². The Bertz CT molecular complexity index is 464. The Hall–Kier alpha value is 0.300. The van der Waals surface area contributed by atoms with Crippen LogP contribution in [0.25, 0.3) is 10.1 Å². The van der Waals surface area contributed by atoms with Crippen LogP contribution in [0.15, 0.2) is 26.9 Å². The molecule has 0 radical (unpaired) electrons. The van der Waals surface area contributed by atoms with Gasteiger partial charge in [-0.1, -0.05) is 0 Å². The lowest BCUT2D eigenvalue weighted by molar-refractivity contribution is 1.44. The molecular weight excluding hydrogens is 300 g/mol. The molecule has 0 aliphatic carbocycles. The molecule has 0 saturated heterocycles. The summed E-state index contributed by atoms with van der Waals surface area (Å²) in [6.45, 7) is 0. The van der Waals surface area contributed by atoms with Crippen LogP contribution < -0.4 is 0 Å². The van der Waals surface area contributed by atoms with Crippen molar-refractivity contribution >= 4 is 60.7 Å². The Balaban J connectivity index is 2.82. The van der Waals surface area contributed by atoms with Crippen molar-refractivity contribution in [2.45, 2.75) is 10.8 Å². The van der Waals surface area contributed by atoms with Crippen molar-refractivity contribution in [3.05, 3.63) is 27.5 Å². The van der Waals surface area contributed by atoms with Crippen LogP contribution in [0, 0.1) is 0 Å². The van der Waals surface area contributed by atoms with Crippen molar-refractivity contribution in [3.63, 3.8) is 0 Å². The number of hydrogen-bond donors (Lipinski definition) is 0. The molecule has 0 amide bonds. The smallest absolute Gasteiger partial charge is 0.0499 e. The van der Waals surface area contributed by atoms with Crippen LogP contribution >= 0.6 is 50.6 Å². The molecular formula is C10H8BrClS2. The van der Waals surface area contributed by atoms with E-state index in [0.29, 0.717) is 5.88 Å². The minimum absolute atomic E-state index is 0.587. The van der Waals surface area contributed by atoms with Crippen LogP contribution in [0.2, 0.25) is 0 Å². The maximum atomic E-state index is 5.91. The first-order valence-electron chi connectivity index (χ1n) is 4.06. The van der Waals surface area contributed by atoms with Crippen molar-refractivity contribution in [2.75, 3.05) is 6.26 Å². The fourth-order valence-electron chi connectivity index (χ4n) is 1.42. The van der Waals surface area contributed by atoms with Crippen LogP contribution in [0.1, 0.15) is 5.56 Å². The molecule has 0 N–H and O–H groups in total. The third-order valence-corrected chi connectivity index (χ3v) is 5.13. The highest BCUT2D eigenvalue weighted by molar-refractivity contribution is 9.10. The molecule has 1 aromatic carbocycles. The van der Waals surface area contributed by atoms with E-state index in [9.17, 15) is 0 Å². The first-order chi connectivity index (χ1) is 6.77. The molecule has 1 heterocycles. The molecule has 2 aromatic rings. The van der Waals surface area contributed by atoms with E-state index >= 15 is 0 Å². The van der Waals surface area contributed by atoms with Crippen molar-refractivity contribution in [2.24, 2.45) is 0 Å². The molecule has 0 nitrogen and oxygen atoms in total. The number of thiophene rings is 1. The maximum absolute atomic E-state index is 5.91. The molecule has 0 spiro atoms. The Kier molecular flexibility index (Phi) is 3.42. The number of halogens is 2. The molecule has 1 aromatic heterocycles. The Labute approximate surface area is 105 Å². The lowest BCUT2D eigenvalue weighted by atomic mass is 10.2. The summed E-state index contributed by atoms with van der Waals surface area (Å²) in [7, 11) is 0. The minimum Gasteiger partial charge on any atom is -0.142 e. The summed E-state index contributed by atoms with van der Waals surface area (Å²) in [5.74, 6) is 0.587. The molecule has 0 fully saturated rings. The van der Waals surface area contributed by atoms with Crippen molar-refractivity contribution < 1.29 is 0 Å². The fourth-order valence-corrected chi connectivity index (χ4v) is 4.04. The second kappa shape index (κ2) is 4.44. The van der Waals surface area contributed by atoms with Gasteiger partial charge in [0.05, 0.1) is 0 Å². The number of hydrogen-bond acceptors (Lipinski definition) is 2. The topological polar surface area (TPSA) is 0 Å². The summed E-state index contributed by atoms with van der Waals surface area (Å²) in [6.07, 6.45) is 2.10. The normalized spacial score (nSPS) is 11.1. The van der Waals surface area contributed by atoms with Gasteiger partial charge < -0.3 is 0 Å². The van der Waals surface area contributed by atoms with E-state index in [-0.39, 0.29) is 0 Å². The van der Waals surface area contributed by atoms with E-state index < -0.39 is 0 Å². The van der Waals surface area contributed by atoms with Gasteiger partial charge in [-0.2, -0.15) is 0 Å². The highest BCUT2D eigenvalue weighted by Crippen LogP contribution is 2.38. The highest BCUT2D eigenvalue weighted by atomic mass is 79.9. The third-order valence-electron chi connectivity index (χ3n) is 2.08. The van der Waals surface area contributed by atoms with E-state index in [0.717, 1.165) is 4.47 Å². The Morgan fingerprint density at radius 2 is 2.29 bits per heavy atom. The molecule has 74 valence electrons. The number of benzene rings is 1. The molecule has 14 heavy (non-hydrogen) atoms. The molecule has 0 bridgehead atoms. The van der Waals surface area contributed by atoms with Gasteiger partial charge in [0.2, 0.25) is 0 Å². The van der Waals surface area contributed by atoms with Gasteiger partial charge >= 0.3 is 0 Å². The Morgan fingerprint density at radius 3 is 2.93 bits per heavy atom. The second-order valence-electron chi connectivity index (χ2n) is 2.85. The lowest BCUT2D eigenvalue weighted by Gasteiger charge is -2.02. The molecule has 0 aliphatic heterocycles. The predicted octanol–water partition coefficient (Wildman–Crippen LogP) is 5.12. The van der Waals surface area contributed by atoms with E-state index in [1.165, 1.54) is 20.5 Å². The van der Waals surface area contributed by atoms with Crippen LogP contribution in [-0.2, 0) is 5.88 Å². The van der Waals surface area contributed by atoms with Crippen LogP contribution in [-0.4, -0.2) is 6.26 Å². The number of alkyl halides is 1. The molecule has 0 unspecified atom stereocenters. The first-order valence-corrected chi connectivity index (χ1v) is 7.49. The minimum atomic E-state index is 0.587. The molecule has 0 aliphatic rings. The largest absolute Gasteiger partial charge is 0.142 e. The van der Waals surface area contributed by atoms with Gasteiger partial charge in [-0.25, -0.2) is 0 Å². The average molecular weight is 308 g/mol. The zero-order valence-corrected chi connectivity index (χ0v) is 11.5. The summed E-state index contributed by atoms with van der Waals surface area (Å²) in [5.41, 5.74) is 1.23. The lowest BCUT2D eigenvalue weighted by Crippen LogP contribution is -1.78. The number of fused-ring (bicyclic) bond motifs is 1. The van der Waals surface area contributed by atoms with E-state index in [2.05, 4.69) is 39.7 Å². The molecule has 0 saturated carbocycles. The Morgan fingerprint density at radius 1 is 1.50 bits per heavy atom. The standard InChI is InChI=1S/C10H8BrClS2/c1-13-8-3-2-7(11)10-9(8)6(4-12)5-14-10/h2-3,5H,4H2,1H3. The summed E-state index contributed by atoms with van der Waals surface area (Å²) in [6, 6.07) is 4.24. The van der Waals surface area contributed by atoms with Crippen LogP contribution in [0.5, 0.6) is 0 Å². The van der Waals surface area contributed by atoms with Gasteiger partial charge in [0, 0.05) is 25.3 Å². The van der Waals surface area contributed by atoms with Gasteiger partial charge in [-0.05, 0) is 45.3 Å². The van der Waals surface area contributed by atoms with Crippen molar-refractivity contribution in [1.29, 1.82) is 0 Å². The summed E-state index contributed by atoms with van der Waals surface area (Å²) in [5, 5.41) is 3.45. The maximum Gasteiger partial charge on any atom is 0.0499 e. The number of rotatable bonds is 2. The molecule has 2 rings (SSSR count). The molecule has 0 atom stereocenters. The van der Waals surface area contributed by atoms with Crippen molar-refractivity contribution in [3.8, 4) is 0 Å². The highest BCUT2D eigenvalue weighted by Gasteiger charge is 2.10. The first kappa shape index (κ1) is 10.8. The van der Waals surface area contributed by atoms with Gasteiger partial charge in [0.15, 0.2) is 0 Å². The fraction of sp³-hybridized carbons (Fsp3) is 0.200. The zero-order chi connectivity index (χ0) is 10.1. The average Bonchev–Trinajstić information content (AvgIpc) is 2.63. The van der Waals surface area contributed by atoms with Crippen LogP contribution in [0.4, 0.5) is 0 Å². The predicted molar refractivity (Wildman–Crippen MR) is 70.9 cm³/mol. The third kappa shape index (κ3) is 1.71. The van der Waals surface area contributed by atoms with Gasteiger partial charge in [-0.15, -0.1) is 34.7 Å². The quantitative estimate of drug-likeness (QED) is 0.548. The van der Waals surface area contributed by atoms with Gasteiger partial charge in [-0.3, -0.25) is 0 Å². The molecule has 4 heteroatoms. The second-order valence-corrected chi connectivity index (χ2v) is 5.70. The summed E-state index contributed by atoms with van der Waals surface area (Å²) in [4.78, 5) is 1.31. The van der Waals surface area contributed by atoms with Gasteiger partial charge in [0.25, 0.3) is 0 Å². The van der Waals surface area contributed by atoms with Gasteiger partial charge in [0.1, 0.15) is 0 Å². The van der Waals surface area contributed by atoms with E-state index in [4.69, 9.17) is 11.6 Å². The van der Waals surface area contributed by atoms with Crippen LogP contribution in [0.3, 0.4) is 0 Å². The summed E-state index contributed by atoms with van der Waals surface area (Å²) >= 11 is 13.0. The zero-order valence-electron chi connectivity index (χ0n) is 7.51. The van der Waals surface area contributed by atoms with Crippen molar-refractivity contribution in [1.82, 2.24) is 0 Å². The monoisotopic (exact) mass is 306 g/mol. The SMILES string of the molecule is CSc1ccc(Br)c2scc(CCl)c12.